The molecule has 3 aromatic carbocycles. The molecule has 0 heterocycles. The smallest absolute Gasteiger partial charge is 0.243 e. The maximum atomic E-state index is 13.8. The number of aryl methyl sites for hydroxylation is 3. The van der Waals surface area contributed by atoms with Crippen molar-refractivity contribution in [3.05, 3.63) is 89.5 Å². The highest BCUT2D eigenvalue weighted by Gasteiger charge is 2.31. The number of benzene rings is 3. The van der Waals surface area contributed by atoms with Crippen LogP contribution in [-0.2, 0) is 30.1 Å². The Morgan fingerprint density at radius 1 is 0.488 bits per heavy atom. The standard InChI is InChI=1S/C30H41N3O7S3/c1-5-31(41(35,36)28-13-7-25(2)8-14-28)20-21-33(43(39,40)30-17-11-27(4)12-18-30)23-22-32(19-6-24-34)42(37,38)29-15-9-26(3)10-16-29/h7-18,34H,5-6,19-24H2,1-4H3. The molecule has 10 nitrogen and oxygen atoms in total. The van der Waals surface area contributed by atoms with Crippen LogP contribution >= 0.6 is 0 Å². The molecule has 0 spiro atoms. The summed E-state index contributed by atoms with van der Waals surface area (Å²) in [5.41, 5.74) is 2.66. The van der Waals surface area contributed by atoms with Gasteiger partial charge < -0.3 is 5.11 Å². The molecule has 0 unspecified atom stereocenters. The molecule has 0 aliphatic heterocycles. The van der Waals surface area contributed by atoms with Crippen LogP contribution < -0.4 is 0 Å². The maximum absolute atomic E-state index is 13.8. The Kier molecular flexibility index (Phi) is 12.1. The van der Waals surface area contributed by atoms with Crippen molar-refractivity contribution >= 4 is 30.1 Å². The van der Waals surface area contributed by atoms with Crippen LogP contribution in [0.4, 0.5) is 0 Å². The van der Waals surface area contributed by atoms with Gasteiger partial charge in [0.25, 0.3) is 0 Å². The van der Waals surface area contributed by atoms with Crippen LogP contribution in [-0.4, -0.2) is 89.2 Å². The average Bonchev–Trinajstić information content (AvgIpc) is 2.96. The zero-order chi connectivity index (χ0) is 31.8. The van der Waals surface area contributed by atoms with Crippen molar-refractivity contribution in [2.24, 2.45) is 0 Å². The fraction of sp³-hybridized carbons (Fsp3) is 0.400. The molecule has 0 amide bonds. The van der Waals surface area contributed by atoms with E-state index in [0.29, 0.717) is 0 Å². The Hall–Kier alpha value is -2.65. The van der Waals surface area contributed by atoms with E-state index in [1.165, 1.54) is 40.7 Å². The van der Waals surface area contributed by atoms with Gasteiger partial charge in [-0.1, -0.05) is 60.0 Å². The molecular formula is C30H41N3O7S3. The van der Waals surface area contributed by atoms with Crippen molar-refractivity contribution in [1.82, 2.24) is 12.9 Å². The van der Waals surface area contributed by atoms with Gasteiger partial charge in [-0.3, -0.25) is 0 Å². The van der Waals surface area contributed by atoms with Gasteiger partial charge in [-0.15, -0.1) is 0 Å². The predicted octanol–water partition coefficient (Wildman–Crippen LogP) is 3.39. The normalized spacial score (nSPS) is 12.8. The van der Waals surface area contributed by atoms with E-state index in [2.05, 4.69) is 0 Å². The molecule has 0 aliphatic carbocycles. The summed E-state index contributed by atoms with van der Waals surface area (Å²) in [5, 5.41) is 9.43. The third-order valence-corrected chi connectivity index (χ3v) is 12.9. The fourth-order valence-electron chi connectivity index (χ4n) is 4.42. The maximum Gasteiger partial charge on any atom is 0.243 e. The number of sulfonamides is 3. The van der Waals surface area contributed by atoms with E-state index < -0.39 is 30.1 Å². The third kappa shape index (κ3) is 8.72. The van der Waals surface area contributed by atoms with Crippen LogP contribution in [0.5, 0.6) is 0 Å². The van der Waals surface area contributed by atoms with Crippen LogP contribution in [0.25, 0.3) is 0 Å². The van der Waals surface area contributed by atoms with Gasteiger partial charge in [0, 0.05) is 45.9 Å². The highest BCUT2D eigenvalue weighted by atomic mass is 32.2. The van der Waals surface area contributed by atoms with Gasteiger partial charge in [0.1, 0.15) is 0 Å². The first-order valence-corrected chi connectivity index (χ1v) is 18.4. The van der Waals surface area contributed by atoms with Gasteiger partial charge >= 0.3 is 0 Å². The number of likely N-dealkylation sites (N-methyl/N-ethyl adjacent to an activating group) is 1. The lowest BCUT2D eigenvalue weighted by Crippen LogP contribution is -2.45. The number of aliphatic hydroxyl groups is 1. The van der Waals surface area contributed by atoms with Gasteiger partial charge in [-0.25, -0.2) is 25.3 Å². The highest BCUT2D eigenvalue weighted by Crippen LogP contribution is 2.21. The molecule has 236 valence electrons. The zero-order valence-electron chi connectivity index (χ0n) is 25.0. The lowest BCUT2D eigenvalue weighted by Gasteiger charge is -2.29. The third-order valence-electron chi connectivity index (χ3n) is 7.09. The number of aliphatic hydroxyl groups excluding tert-OH is 1. The molecule has 3 rings (SSSR count). The van der Waals surface area contributed by atoms with E-state index in [0.717, 1.165) is 25.3 Å². The van der Waals surface area contributed by atoms with Gasteiger partial charge in [-0.2, -0.15) is 12.9 Å². The molecule has 0 radical (unpaired) electrons. The van der Waals surface area contributed by atoms with Crippen LogP contribution in [0, 0.1) is 20.8 Å². The number of nitrogens with zero attached hydrogens (tertiary/aromatic N) is 3. The summed E-state index contributed by atoms with van der Waals surface area (Å²) in [7, 11) is -12.0. The fourth-order valence-corrected chi connectivity index (χ4v) is 8.76. The molecule has 0 atom stereocenters. The SMILES string of the molecule is CCN(CCN(CCN(CCCO)S(=O)(=O)c1ccc(C)cc1)S(=O)(=O)c1ccc(C)cc1)S(=O)(=O)c1ccc(C)cc1. The minimum Gasteiger partial charge on any atom is -0.396 e. The Labute approximate surface area is 256 Å². The summed E-state index contributed by atoms with van der Waals surface area (Å²) in [6.07, 6.45) is 0.161. The van der Waals surface area contributed by atoms with Crippen molar-refractivity contribution in [1.29, 1.82) is 0 Å². The van der Waals surface area contributed by atoms with E-state index >= 15 is 0 Å². The van der Waals surface area contributed by atoms with Gasteiger partial charge in [0.2, 0.25) is 30.1 Å². The molecular weight excluding hydrogens is 611 g/mol. The van der Waals surface area contributed by atoms with Crippen molar-refractivity contribution in [3.8, 4) is 0 Å². The molecule has 0 aromatic heterocycles. The Balaban J connectivity index is 1.93. The summed E-state index contributed by atoms with van der Waals surface area (Å²) in [5.74, 6) is 0. The summed E-state index contributed by atoms with van der Waals surface area (Å²) in [6, 6.07) is 19.1. The largest absolute Gasteiger partial charge is 0.396 e. The highest BCUT2D eigenvalue weighted by molar-refractivity contribution is 7.89. The van der Waals surface area contributed by atoms with Crippen LogP contribution in [0.3, 0.4) is 0 Å². The van der Waals surface area contributed by atoms with E-state index in [1.807, 2.05) is 20.8 Å². The first-order chi connectivity index (χ1) is 20.2. The predicted molar refractivity (Wildman–Crippen MR) is 167 cm³/mol. The summed E-state index contributed by atoms with van der Waals surface area (Å²) < 4.78 is 85.0. The quantitative estimate of drug-likeness (QED) is 0.251. The second-order valence-corrected chi connectivity index (χ2v) is 16.1. The molecule has 0 saturated heterocycles. The molecule has 43 heavy (non-hydrogen) atoms. The monoisotopic (exact) mass is 651 g/mol. The van der Waals surface area contributed by atoms with Crippen LogP contribution in [0.1, 0.15) is 30.0 Å². The average molecular weight is 652 g/mol. The topological polar surface area (TPSA) is 132 Å². The van der Waals surface area contributed by atoms with Crippen molar-refractivity contribution in [3.63, 3.8) is 0 Å². The molecule has 3 aromatic rings. The van der Waals surface area contributed by atoms with Crippen molar-refractivity contribution in [2.45, 2.75) is 48.8 Å². The summed E-state index contributed by atoms with van der Waals surface area (Å²) in [6.45, 7) is 6.28. The zero-order valence-corrected chi connectivity index (χ0v) is 27.5. The second-order valence-electron chi connectivity index (χ2n) is 10.3. The minimum atomic E-state index is -4.13. The summed E-state index contributed by atoms with van der Waals surface area (Å²) in [4.78, 5) is 0.184. The van der Waals surface area contributed by atoms with Crippen molar-refractivity contribution in [2.75, 3.05) is 45.9 Å². The molecule has 0 saturated carbocycles. The summed E-state index contributed by atoms with van der Waals surface area (Å²) >= 11 is 0. The Morgan fingerprint density at radius 2 is 0.767 bits per heavy atom. The Morgan fingerprint density at radius 3 is 1.07 bits per heavy atom. The van der Waals surface area contributed by atoms with Gasteiger partial charge in [-0.05, 0) is 63.6 Å². The minimum absolute atomic E-state index is 0.0193. The molecule has 0 aliphatic rings. The van der Waals surface area contributed by atoms with E-state index in [9.17, 15) is 30.4 Å². The molecule has 0 fully saturated rings. The number of hydrogen-bond donors (Lipinski definition) is 1. The van der Waals surface area contributed by atoms with Crippen LogP contribution in [0.15, 0.2) is 87.5 Å². The van der Waals surface area contributed by atoms with Gasteiger partial charge in [0.15, 0.2) is 0 Å². The molecule has 1 N–H and O–H groups in total. The number of rotatable bonds is 16. The Bertz CT molecular complexity index is 1660. The van der Waals surface area contributed by atoms with E-state index in [-0.39, 0.29) is 67.0 Å². The van der Waals surface area contributed by atoms with E-state index in [1.54, 1.807) is 43.3 Å². The first-order valence-electron chi connectivity index (χ1n) is 14.0. The number of hydrogen-bond acceptors (Lipinski definition) is 7. The van der Waals surface area contributed by atoms with Gasteiger partial charge in [0.05, 0.1) is 14.7 Å². The van der Waals surface area contributed by atoms with Crippen LogP contribution in [0.2, 0.25) is 0 Å². The molecule has 13 heteroatoms. The van der Waals surface area contributed by atoms with Crippen molar-refractivity contribution < 1.29 is 30.4 Å². The van der Waals surface area contributed by atoms with E-state index in [4.69, 9.17) is 0 Å². The lowest BCUT2D eigenvalue weighted by atomic mass is 10.2. The molecule has 0 bridgehead atoms. The lowest BCUT2D eigenvalue weighted by molar-refractivity contribution is 0.262. The second kappa shape index (κ2) is 14.9. The first kappa shape index (κ1) is 34.8.